The Bertz CT molecular complexity index is 1970. The number of allylic oxidation sites excluding steroid dienone is 6. The van der Waals surface area contributed by atoms with Crippen LogP contribution in [0.2, 0.25) is 0 Å². The molecule has 0 saturated carbocycles. The van der Waals surface area contributed by atoms with Gasteiger partial charge in [-0.1, -0.05) is 36.4 Å². The third-order valence-electron chi connectivity index (χ3n) is 8.67. The van der Waals surface area contributed by atoms with E-state index >= 15 is 0 Å². The van der Waals surface area contributed by atoms with Gasteiger partial charge in [0.05, 0.1) is 12.6 Å². The molecule has 4 aromatic rings. The lowest BCUT2D eigenvalue weighted by molar-refractivity contribution is 0.332. The summed E-state index contributed by atoms with van der Waals surface area (Å²) < 4.78 is 8.61. The first-order chi connectivity index (χ1) is 21.1. The Morgan fingerprint density at radius 2 is 1.56 bits per heavy atom. The summed E-state index contributed by atoms with van der Waals surface area (Å²) in [6.45, 7) is 12.9. The molecule has 0 radical (unpaired) electrons. The van der Waals surface area contributed by atoms with Gasteiger partial charge in [0.25, 0.3) is 5.70 Å². The molecule has 0 unspecified atom stereocenters. The van der Waals surface area contributed by atoms with Crippen LogP contribution in [0.3, 0.4) is 0 Å². The van der Waals surface area contributed by atoms with E-state index in [2.05, 4.69) is 81.9 Å². The number of hydrogen-bond donors (Lipinski definition) is 0. The third kappa shape index (κ3) is 4.94. The van der Waals surface area contributed by atoms with Crippen molar-refractivity contribution >= 4 is 39.6 Å². The second kappa shape index (κ2) is 11.2. The van der Waals surface area contributed by atoms with Crippen LogP contribution in [-0.4, -0.2) is 17.7 Å². The van der Waals surface area contributed by atoms with E-state index in [0.29, 0.717) is 17.1 Å². The van der Waals surface area contributed by atoms with Crippen molar-refractivity contribution in [2.45, 2.75) is 39.2 Å². The molecule has 3 aromatic carbocycles. The second-order valence-electron chi connectivity index (χ2n) is 11.3. The molecule has 0 bridgehead atoms. The quantitative estimate of drug-likeness (QED) is 0.181. The molecule has 0 amide bonds. The highest BCUT2D eigenvalue weighted by atomic mass is 16.5. The van der Waals surface area contributed by atoms with Crippen LogP contribution < -0.4 is 4.90 Å². The Morgan fingerprint density at radius 1 is 0.884 bits per heavy atom. The third-order valence-corrected chi connectivity index (χ3v) is 8.67. The molecule has 43 heavy (non-hydrogen) atoms. The SMILES string of the molecule is [C-]#[N+]C(C#N)=C1C=C(C=Cc2cc3c4c(c2)CCCN4CCC3)OC(C=Cc2ccc3c(c2)c2ccccc2n3CC)=C1. The largest absolute Gasteiger partial charge is 0.457 e. The second-order valence-corrected chi connectivity index (χ2v) is 11.3. The maximum absolute atomic E-state index is 9.61. The summed E-state index contributed by atoms with van der Waals surface area (Å²) in [5.74, 6) is 1.18. The smallest absolute Gasteiger partial charge is 0.269 e. The molecule has 5 nitrogen and oxygen atoms in total. The van der Waals surface area contributed by atoms with Crippen molar-refractivity contribution in [2.75, 3.05) is 18.0 Å². The first kappa shape index (κ1) is 26.6. The number of nitrogens with zero attached hydrogens (tertiary/aromatic N) is 4. The van der Waals surface area contributed by atoms with Crippen LogP contribution in [0.25, 0.3) is 38.8 Å². The van der Waals surface area contributed by atoms with Crippen molar-refractivity contribution in [1.29, 1.82) is 5.26 Å². The summed E-state index contributed by atoms with van der Waals surface area (Å²) >= 11 is 0. The lowest BCUT2D eigenvalue weighted by Crippen LogP contribution is -2.34. The zero-order valence-electron chi connectivity index (χ0n) is 24.3. The standard InChI is InChI=1S/C38H32N4O/c1-3-42-36-11-5-4-10-33(36)34-22-26(14-17-37(34)42)12-15-31-23-30(35(25-39)40-2)24-32(43-31)16-13-27-20-28-8-6-18-41-19-7-9-29(21-27)38(28)41/h4-5,10-17,20-24H,3,6-9,18-19H2,1H3. The lowest BCUT2D eigenvalue weighted by Gasteiger charge is -2.37. The predicted octanol–water partition coefficient (Wildman–Crippen LogP) is 8.73. The van der Waals surface area contributed by atoms with Gasteiger partial charge in [-0.25, -0.2) is 10.1 Å². The number of hydrogen-bond acceptors (Lipinski definition) is 3. The van der Waals surface area contributed by atoms with Gasteiger partial charge in [0.1, 0.15) is 11.5 Å². The minimum absolute atomic E-state index is 0.0483. The maximum Gasteiger partial charge on any atom is 0.269 e. The zero-order valence-corrected chi connectivity index (χ0v) is 24.3. The van der Waals surface area contributed by atoms with E-state index < -0.39 is 0 Å². The fourth-order valence-corrected chi connectivity index (χ4v) is 6.80. The van der Waals surface area contributed by atoms with E-state index in [1.54, 1.807) is 12.2 Å². The Balaban J connectivity index is 1.19. The van der Waals surface area contributed by atoms with E-state index in [1.807, 2.05) is 24.3 Å². The normalized spacial score (nSPS) is 17.4. The molecule has 0 fully saturated rings. The molecular weight excluding hydrogens is 528 g/mol. The molecule has 0 atom stereocenters. The van der Waals surface area contributed by atoms with Crippen LogP contribution >= 0.6 is 0 Å². The van der Waals surface area contributed by atoms with E-state index in [9.17, 15) is 5.26 Å². The van der Waals surface area contributed by atoms with Gasteiger partial charge in [-0.3, -0.25) is 0 Å². The highest BCUT2D eigenvalue weighted by molar-refractivity contribution is 6.08. The van der Waals surface area contributed by atoms with Gasteiger partial charge in [-0.05, 0) is 115 Å². The van der Waals surface area contributed by atoms with Gasteiger partial charge >= 0.3 is 0 Å². The number of benzene rings is 3. The van der Waals surface area contributed by atoms with Crippen LogP contribution in [0, 0.1) is 17.9 Å². The Kier molecular flexibility index (Phi) is 6.93. The minimum atomic E-state index is 0.0483. The average molecular weight is 561 g/mol. The molecule has 4 heterocycles. The van der Waals surface area contributed by atoms with Crippen molar-refractivity contribution < 1.29 is 4.74 Å². The van der Waals surface area contributed by atoms with Crippen molar-refractivity contribution in [1.82, 2.24) is 4.57 Å². The first-order valence-electron chi connectivity index (χ1n) is 15.1. The summed E-state index contributed by atoms with van der Waals surface area (Å²) in [4.78, 5) is 6.01. The summed E-state index contributed by atoms with van der Waals surface area (Å²) in [7, 11) is 0. The summed E-state index contributed by atoms with van der Waals surface area (Å²) in [6.07, 6.45) is 16.1. The number of rotatable bonds is 5. The molecule has 1 aromatic heterocycles. The molecule has 7 rings (SSSR count). The predicted molar refractivity (Wildman–Crippen MR) is 175 cm³/mol. The van der Waals surface area contributed by atoms with Crippen molar-refractivity contribution in [3.8, 4) is 6.07 Å². The number of ether oxygens (including phenoxy) is 1. The van der Waals surface area contributed by atoms with Crippen LogP contribution in [0.15, 0.2) is 102 Å². The van der Waals surface area contributed by atoms with Crippen molar-refractivity contribution in [3.63, 3.8) is 0 Å². The molecule has 0 N–H and O–H groups in total. The summed E-state index contributed by atoms with van der Waals surface area (Å²) in [6, 6.07) is 21.6. The lowest BCUT2D eigenvalue weighted by atomic mass is 9.90. The number of anilines is 1. The van der Waals surface area contributed by atoms with Crippen LogP contribution in [0.5, 0.6) is 0 Å². The van der Waals surface area contributed by atoms with Gasteiger partial charge < -0.3 is 14.2 Å². The van der Waals surface area contributed by atoms with Crippen molar-refractivity contribution in [3.05, 3.63) is 135 Å². The van der Waals surface area contributed by atoms with Crippen LogP contribution in [0.1, 0.15) is 42.0 Å². The molecule has 0 spiro atoms. The highest BCUT2D eigenvalue weighted by Gasteiger charge is 2.24. The number of aromatic nitrogens is 1. The van der Waals surface area contributed by atoms with E-state index in [4.69, 9.17) is 11.3 Å². The van der Waals surface area contributed by atoms with E-state index in [1.165, 1.54) is 51.5 Å². The molecule has 210 valence electrons. The summed E-state index contributed by atoms with van der Waals surface area (Å²) in [5, 5.41) is 12.1. The fraction of sp³-hybridized carbons (Fsp3) is 0.211. The molecule has 5 heteroatoms. The van der Waals surface area contributed by atoms with Gasteiger partial charge in [0.2, 0.25) is 0 Å². The van der Waals surface area contributed by atoms with Gasteiger partial charge in [0.15, 0.2) is 0 Å². The van der Waals surface area contributed by atoms with Gasteiger partial charge in [0, 0.05) is 47.1 Å². The number of para-hydroxylation sites is 1. The first-order valence-corrected chi connectivity index (χ1v) is 15.1. The fourth-order valence-electron chi connectivity index (χ4n) is 6.80. The Morgan fingerprint density at radius 3 is 2.23 bits per heavy atom. The number of fused-ring (bicyclic) bond motifs is 3. The maximum atomic E-state index is 9.61. The molecule has 3 aliphatic rings. The van der Waals surface area contributed by atoms with Gasteiger partial charge in [-0.2, -0.15) is 0 Å². The van der Waals surface area contributed by atoms with Crippen LogP contribution in [0.4, 0.5) is 5.69 Å². The molecule has 3 aliphatic heterocycles. The van der Waals surface area contributed by atoms with E-state index in [-0.39, 0.29) is 5.70 Å². The monoisotopic (exact) mass is 560 g/mol. The number of aryl methyl sites for hydroxylation is 3. The molecular formula is C38H32N4O. The summed E-state index contributed by atoms with van der Waals surface area (Å²) in [5.41, 5.74) is 9.59. The van der Waals surface area contributed by atoms with Gasteiger partial charge in [-0.15, -0.1) is 0 Å². The number of nitriles is 1. The van der Waals surface area contributed by atoms with Crippen LogP contribution in [-0.2, 0) is 24.1 Å². The average Bonchev–Trinajstić information content (AvgIpc) is 3.36. The topological polar surface area (TPSA) is 45.6 Å². The Hall–Kier alpha value is -5.26. The zero-order chi connectivity index (χ0) is 29.3. The highest BCUT2D eigenvalue weighted by Crippen LogP contribution is 2.37. The molecule has 0 saturated heterocycles. The van der Waals surface area contributed by atoms with Crippen molar-refractivity contribution in [2.24, 2.45) is 0 Å². The molecule has 0 aliphatic carbocycles. The minimum Gasteiger partial charge on any atom is -0.457 e. The Labute approximate surface area is 252 Å². The van der Waals surface area contributed by atoms with E-state index in [0.717, 1.165) is 43.6 Å².